The monoisotopic (exact) mass is 321 g/mol. The van der Waals surface area contributed by atoms with Gasteiger partial charge in [-0.3, -0.25) is 4.72 Å². The van der Waals surface area contributed by atoms with Gasteiger partial charge in [0.05, 0.1) is 24.3 Å². The predicted molar refractivity (Wildman–Crippen MR) is 86.0 cm³/mol. The molecule has 0 amide bonds. The van der Waals surface area contributed by atoms with Crippen LogP contribution >= 0.6 is 0 Å². The van der Waals surface area contributed by atoms with Crippen LogP contribution in [0.15, 0.2) is 30.7 Å². The highest BCUT2D eigenvalue weighted by molar-refractivity contribution is 7.90. The number of hydrogen-bond donors (Lipinski definition) is 2. The van der Waals surface area contributed by atoms with Crippen molar-refractivity contribution in [3.63, 3.8) is 0 Å². The van der Waals surface area contributed by atoms with Gasteiger partial charge in [-0.15, -0.1) is 0 Å². The van der Waals surface area contributed by atoms with E-state index in [9.17, 15) is 8.42 Å². The Hall–Kier alpha value is -2.06. The SMILES string of the molecule is CN(C)S(=O)(=O)Nc1ccc2c(c1)N(Cc1cnc[nH]1)CC2. The molecule has 1 aliphatic rings. The van der Waals surface area contributed by atoms with Crippen LogP contribution in [0.2, 0.25) is 0 Å². The van der Waals surface area contributed by atoms with Gasteiger partial charge in [0.1, 0.15) is 0 Å². The molecule has 2 N–H and O–H groups in total. The quantitative estimate of drug-likeness (QED) is 0.867. The number of nitrogens with zero attached hydrogens (tertiary/aromatic N) is 3. The van der Waals surface area contributed by atoms with Gasteiger partial charge in [0.25, 0.3) is 0 Å². The van der Waals surface area contributed by atoms with E-state index >= 15 is 0 Å². The zero-order valence-electron chi connectivity index (χ0n) is 12.6. The lowest BCUT2D eigenvalue weighted by molar-refractivity contribution is 0.527. The van der Waals surface area contributed by atoms with Crippen molar-refractivity contribution in [1.29, 1.82) is 0 Å². The average Bonchev–Trinajstić information content (AvgIpc) is 3.09. The lowest BCUT2D eigenvalue weighted by Crippen LogP contribution is -2.29. The van der Waals surface area contributed by atoms with Crippen molar-refractivity contribution < 1.29 is 8.42 Å². The zero-order chi connectivity index (χ0) is 15.7. The van der Waals surface area contributed by atoms with Gasteiger partial charge in [0.2, 0.25) is 0 Å². The van der Waals surface area contributed by atoms with E-state index in [2.05, 4.69) is 19.6 Å². The van der Waals surface area contributed by atoms with Crippen molar-refractivity contribution in [3.05, 3.63) is 42.0 Å². The number of imidazole rings is 1. The van der Waals surface area contributed by atoms with Gasteiger partial charge in [-0.1, -0.05) is 6.07 Å². The molecule has 1 aliphatic heterocycles. The maximum absolute atomic E-state index is 11.9. The minimum Gasteiger partial charge on any atom is -0.365 e. The summed E-state index contributed by atoms with van der Waals surface area (Å²) in [5.41, 5.74) is 3.90. The van der Waals surface area contributed by atoms with Crippen molar-refractivity contribution in [3.8, 4) is 0 Å². The molecule has 0 unspecified atom stereocenters. The van der Waals surface area contributed by atoms with Crippen LogP contribution in [-0.2, 0) is 23.2 Å². The highest BCUT2D eigenvalue weighted by Gasteiger charge is 2.21. The number of aromatic nitrogens is 2. The molecule has 0 saturated heterocycles. The summed E-state index contributed by atoms with van der Waals surface area (Å²) in [4.78, 5) is 9.34. The van der Waals surface area contributed by atoms with Crippen LogP contribution in [0.1, 0.15) is 11.3 Å². The highest BCUT2D eigenvalue weighted by Crippen LogP contribution is 2.32. The zero-order valence-corrected chi connectivity index (χ0v) is 13.4. The van der Waals surface area contributed by atoms with Crippen LogP contribution in [0.25, 0.3) is 0 Å². The molecule has 7 nitrogen and oxygen atoms in total. The van der Waals surface area contributed by atoms with Gasteiger partial charge >= 0.3 is 10.2 Å². The maximum atomic E-state index is 11.9. The Kier molecular flexibility index (Phi) is 3.79. The van der Waals surface area contributed by atoms with Gasteiger partial charge in [0.15, 0.2) is 0 Å². The lowest BCUT2D eigenvalue weighted by atomic mass is 10.1. The standard InChI is InChI=1S/C14H19N5O2S/c1-18(2)22(20,21)17-12-4-3-11-5-6-19(14(11)7-12)9-13-8-15-10-16-13/h3-4,7-8,10,17H,5-6,9H2,1-2H3,(H,15,16). The van der Waals surface area contributed by atoms with Gasteiger partial charge in [-0.05, 0) is 24.1 Å². The van der Waals surface area contributed by atoms with Crippen molar-refractivity contribution in [2.75, 3.05) is 30.3 Å². The first-order valence-electron chi connectivity index (χ1n) is 7.01. The second-order valence-corrected chi connectivity index (χ2v) is 7.37. The van der Waals surface area contributed by atoms with E-state index in [1.54, 1.807) is 18.6 Å². The Balaban J connectivity index is 1.83. The molecule has 0 fully saturated rings. The molecular weight excluding hydrogens is 302 g/mol. The first kappa shape index (κ1) is 14.9. The van der Waals surface area contributed by atoms with Crippen molar-refractivity contribution >= 4 is 21.6 Å². The van der Waals surface area contributed by atoms with Gasteiger partial charge in [-0.2, -0.15) is 12.7 Å². The van der Waals surface area contributed by atoms with Gasteiger partial charge < -0.3 is 9.88 Å². The molecule has 22 heavy (non-hydrogen) atoms. The van der Waals surface area contributed by atoms with E-state index in [-0.39, 0.29) is 0 Å². The van der Waals surface area contributed by atoms with Gasteiger partial charge in [0, 0.05) is 32.5 Å². The van der Waals surface area contributed by atoms with E-state index in [0.717, 1.165) is 35.2 Å². The van der Waals surface area contributed by atoms with Crippen LogP contribution in [0, 0.1) is 0 Å². The predicted octanol–water partition coefficient (Wildman–Crippen LogP) is 1.19. The maximum Gasteiger partial charge on any atom is 0.301 e. The molecule has 8 heteroatoms. The fraction of sp³-hybridized carbons (Fsp3) is 0.357. The Morgan fingerprint density at radius 2 is 2.23 bits per heavy atom. The number of H-pyrrole nitrogens is 1. The molecule has 1 aromatic heterocycles. The molecule has 3 rings (SSSR count). The number of nitrogens with one attached hydrogen (secondary N) is 2. The number of rotatable bonds is 5. The third-order valence-electron chi connectivity index (χ3n) is 3.72. The normalized spacial score (nSPS) is 14.4. The highest BCUT2D eigenvalue weighted by atomic mass is 32.2. The van der Waals surface area contributed by atoms with E-state index in [1.807, 2.05) is 12.1 Å². The summed E-state index contributed by atoms with van der Waals surface area (Å²) in [5.74, 6) is 0. The van der Waals surface area contributed by atoms with Crippen LogP contribution in [0.3, 0.4) is 0 Å². The smallest absolute Gasteiger partial charge is 0.301 e. The molecule has 0 bridgehead atoms. The summed E-state index contributed by atoms with van der Waals surface area (Å²) in [6, 6.07) is 5.68. The van der Waals surface area contributed by atoms with Crippen LogP contribution < -0.4 is 9.62 Å². The third-order valence-corrected chi connectivity index (χ3v) is 5.18. The Morgan fingerprint density at radius 1 is 1.41 bits per heavy atom. The number of fused-ring (bicyclic) bond motifs is 1. The first-order valence-corrected chi connectivity index (χ1v) is 8.45. The topological polar surface area (TPSA) is 81.3 Å². The molecule has 0 spiro atoms. The number of anilines is 2. The second-order valence-electron chi connectivity index (χ2n) is 5.48. The van der Waals surface area contributed by atoms with Crippen LogP contribution in [0.4, 0.5) is 11.4 Å². The average molecular weight is 321 g/mol. The van der Waals surface area contributed by atoms with Crippen LogP contribution in [-0.4, -0.2) is 43.3 Å². The summed E-state index contributed by atoms with van der Waals surface area (Å²) in [6.45, 7) is 1.65. The van der Waals surface area contributed by atoms with Gasteiger partial charge in [-0.25, -0.2) is 4.98 Å². The lowest BCUT2D eigenvalue weighted by Gasteiger charge is -2.20. The first-order chi connectivity index (χ1) is 10.5. The van der Waals surface area contributed by atoms with Crippen molar-refractivity contribution in [2.24, 2.45) is 0 Å². The summed E-state index contributed by atoms with van der Waals surface area (Å²) < 4.78 is 27.6. The fourth-order valence-electron chi connectivity index (χ4n) is 2.49. The van der Waals surface area contributed by atoms with E-state index in [4.69, 9.17) is 0 Å². The number of benzene rings is 1. The molecule has 2 heterocycles. The molecule has 0 aliphatic carbocycles. The Labute approximate surface area is 130 Å². The fourth-order valence-corrected chi connectivity index (χ4v) is 3.10. The molecule has 0 radical (unpaired) electrons. The third kappa shape index (κ3) is 2.93. The molecular formula is C14H19N5O2S. The summed E-state index contributed by atoms with van der Waals surface area (Å²) >= 11 is 0. The van der Waals surface area contributed by atoms with Crippen LogP contribution in [0.5, 0.6) is 0 Å². The summed E-state index contributed by atoms with van der Waals surface area (Å²) in [6.07, 6.45) is 4.43. The molecule has 2 aromatic rings. The molecule has 1 aromatic carbocycles. The van der Waals surface area contributed by atoms with Crippen molar-refractivity contribution in [1.82, 2.24) is 14.3 Å². The Morgan fingerprint density at radius 3 is 2.91 bits per heavy atom. The molecule has 118 valence electrons. The largest absolute Gasteiger partial charge is 0.365 e. The molecule has 0 saturated carbocycles. The van der Waals surface area contributed by atoms with E-state index in [0.29, 0.717) is 5.69 Å². The number of hydrogen-bond acceptors (Lipinski definition) is 4. The van der Waals surface area contributed by atoms with E-state index < -0.39 is 10.2 Å². The minimum atomic E-state index is -3.49. The Bertz CT molecular complexity index is 756. The second kappa shape index (κ2) is 5.62. The minimum absolute atomic E-state index is 0.573. The summed E-state index contributed by atoms with van der Waals surface area (Å²) in [5, 5.41) is 0. The van der Waals surface area contributed by atoms with Crippen molar-refractivity contribution in [2.45, 2.75) is 13.0 Å². The summed E-state index contributed by atoms with van der Waals surface area (Å²) in [7, 11) is -0.487. The number of aromatic amines is 1. The molecule has 0 atom stereocenters. The van der Waals surface area contributed by atoms with E-state index in [1.165, 1.54) is 19.7 Å².